The van der Waals surface area contributed by atoms with E-state index in [0.29, 0.717) is 19.0 Å². The van der Waals surface area contributed by atoms with E-state index in [9.17, 15) is 0 Å². The SMILES string of the molecule is C#Cc1cc(-c2ccnc(-c3cncc(OCCOC)c3)c2)[nH]c1N1CCNCC1. The number of hydrogen-bond acceptors (Lipinski definition) is 6. The van der Waals surface area contributed by atoms with E-state index in [0.717, 1.165) is 60.1 Å². The van der Waals surface area contributed by atoms with Crippen LogP contribution in [-0.2, 0) is 4.74 Å². The molecule has 0 bridgehead atoms. The summed E-state index contributed by atoms with van der Waals surface area (Å²) in [6.07, 6.45) is 11.0. The molecular formula is C23H25N5O2. The number of hydrogen-bond donors (Lipinski definition) is 2. The van der Waals surface area contributed by atoms with Crippen LogP contribution in [0.2, 0.25) is 0 Å². The van der Waals surface area contributed by atoms with Crippen molar-refractivity contribution < 1.29 is 9.47 Å². The van der Waals surface area contributed by atoms with Gasteiger partial charge in [-0.05, 0) is 24.3 Å². The molecule has 0 aliphatic carbocycles. The summed E-state index contributed by atoms with van der Waals surface area (Å²) in [4.78, 5) is 14.6. The van der Waals surface area contributed by atoms with Crippen LogP contribution in [0.3, 0.4) is 0 Å². The molecule has 1 saturated heterocycles. The van der Waals surface area contributed by atoms with Crippen LogP contribution in [0.25, 0.3) is 22.5 Å². The van der Waals surface area contributed by atoms with Gasteiger partial charge in [-0.15, -0.1) is 6.42 Å². The van der Waals surface area contributed by atoms with Gasteiger partial charge in [0.1, 0.15) is 18.2 Å². The second-order valence-electron chi connectivity index (χ2n) is 7.01. The molecule has 4 heterocycles. The van der Waals surface area contributed by atoms with E-state index in [4.69, 9.17) is 15.9 Å². The maximum absolute atomic E-state index is 5.78. The van der Waals surface area contributed by atoms with Gasteiger partial charge < -0.3 is 24.7 Å². The second-order valence-corrected chi connectivity index (χ2v) is 7.01. The lowest BCUT2D eigenvalue weighted by Crippen LogP contribution is -2.44. The lowest BCUT2D eigenvalue weighted by atomic mass is 10.1. The summed E-state index contributed by atoms with van der Waals surface area (Å²) in [5.41, 5.74) is 4.57. The first-order valence-electron chi connectivity index (χ1n) is 9.97. The molecule has 0 atom stereocenters. The first-order chi connectivity index (χ1) is 14.8. The van der Waals surface area contributed by atoms with E-state index in [2.05, 4.69) is 31.1 Å². The number of ether oxygens (including phenoxy) is 2. The molecule has 3 aromatic heterocycles. The summed E-state index contributed by atoms with van der Waals surface area (Å²) >= 11 is 0. The molecule has 30 heavy (non-hydrogen) atoms. The van der Waals surface area contributed by atoms with Crippen molar-refractivity contribution in [3.63, 3.8) is 0 Å². The number of pyridine rings is 2. The summed E-state index contributed by atoms with van der Waals surface area (Å²) < 4.78 is 10.7. The zero-order valence-electron chi connectivity index (χ0n) is 17.0. The molecule has 1 aliphatic rings. The third-order valence-corrected chi connectivity index (χ3v) is 5.02. The van der Waals surface area contributed by atoms with Gasteiger partial charge in [0.2, 0.25) is 0 Å². The normalized spacial score (nSPS) is 13.8. The van der Waals surface area contributed by atoms with Crippen molar-refractivity contribution in [3.05, 3.63) is 48.4 Å². The largest absolute Gasteiger partial charge is 0.490 e. The van der Waals surface area contributed by atoms with E-state index in [1.54, 1.807) is 25.7 Å². The maximum atomic E-state index is 5.78. The Morgan fingerprint density at radius 2 is 2.00 bits per heavy atom. The Hall–Kier alpha value is -3.34. The van der Waals surface area contributed by atoms with E-state index in [-0.39, 0.29) is 0 Å². The summed E-state index contributed by atoms with van der Waals surface area (Å²) in [5, 5.41) is 3.37. The minimum atomic E-state index is 0.473. The highest BCUT2D eigenvalue weighted by atomic mass is 16.5. The molecule has 0 spiro atoms. The Morgan fingerprint density at radius 3 is 2.80 bits per heavy atom. The van der Waals surface area contributed by atoms with Gasteiger partial charge in [0.15, 0.2) is 0 Å². The average molecular weight is 403 g/mol. The molecule has 7 nitrogen and oxygen atoms in total. The van der Waals surface area contributed by atoms with E-state index >= 15 is 0 Å². The minimum Gasteiger partial charge on any atom is -0.490 e. The van der Waals surface area contributed by atoms with E-state index in [1.165, 1.54) is 0 Å². The maximum Gasteiger partial charge on any atom is 0.138 e. The smallest absolute Gasteiger partial charge is 0.138 e. The van der Waals surface area contributed by atoms with Gasteiger partial charge in [-0.2, -0.15) is 0 Å². The van der Waals surface area contributed by atoms with Gasteiger partial charge >= 0.3 is 0 Å². The fourth-order valence-corrected chi connectivity index (χ4v) is 3.48. The number of anilines is 1. The molecule has 0 saturated carbocycles. The van der Waals surface area contributed by atoms with Crippen molar-refractivity contribution in [1.82, 2.24) is 20.3 Å². The summed E-state index contributed by atoms with van der Waals surface area (Å²) in [5.74, 6) is 4.51. The molecule has 1 fully saturated rings. The van der Waals surface area contributed by atoms with Crippen LogP contribution in [0.1, 0.15) is 5.56 Å². The predicted octanol–water partition coefficient (Wildman–Crippen LogP) is 2.55. The zero-order chi connectivity index (χ0) is 20.8. The molecule has 0 aromatic carbocycles. The topological polar surface area (TPSA) is 75.3 Å². The van der Waals surface area contributed by atoms with Crippen LogP contribution in [-0.4, -0.2) is 61.5 Å². The predicted molar refractivity (Wildman–Crippen MR) is 118 cm³/mol. The summed E-state index contributed by atoms with van der Waals surface area (Å²) in [6, 6.07) is 7.97. The lowest BCUT2D eigenvalue weighted by Gasteiger charge is -2.28. The average Bonchev–Trinajstić information content (AvgIpc) is 3.25. The standard InChI is InChI=1S/C23H25N5O2/c1-3-17-13-22(27-23(17)28-8-6-24-7-9-28)18-4-5-26-21(14-18)19-12-20(16-25-15-19)30-11-10-29-2/h1,4-5,12-16,24,27H,6-11H2,2H3. The van der Waals surface area contributed by atoms with Gasteiger partial charge in [-0.1, -0.05) is 5.92 Å². The molecule has 4 rings (SSSR count). The third kappa shape index (κ3) is 4.46. The number of nitrogens with zero attached hydrogens (tertiary/aromatic N) is 3. The van der Waals surface area contributed by atoms with Crippen LogP contribution >= 0.6 is 0 Å². The van der Waals surface area contributed by atoms with Crippen molar-refractivity contribution >= 4 is 5.82 Å². The second kappa shape index (κ2) is 9.44. The Balaban J connectivity index is 1.60. The highest BCUT2D eigenvalue weighted by Crippen LogP contribution is 2.30. The van der Waals surface area contributed by atoms with Crippen LogP contribution in [0.5, 0.6) is 5.75 Å². The van der Waals surface area contributed by atoms with E-state index < -0.39 is 0 Å². The van der Waals surface area contributed by atoms with E-state index in [1.807, 2.05) is 24.3 Å². The molecule has 0 radical (unpaired) electrons. The lowest BCUT2D eigenvalue weighted by molar-refractivity contribution is 0.146. The van der Waals surface area contributed by atoms with Crippen molar-refractivity contribution in [3.8, 4) is 40.6 Å². The van der Waals surface area contributed by atoms with Gasteiger partial charge in [-0.25, -0.2) is 0 Å². The number of rotatable bonds is 7. The first kappa shape index (κ1) is 20.0. The molecule has 2 N–H and O–H groups in total. The molecule has 7 heteroatoms. The fraction of sp³-hybridized carbons (Fsp3) is 0.304. The van der Waals surface area contributed by atoms with Crippen molar-refractivity contribution in [2.24, 2.45) is 0 Å². The van der Waals surface area contributed by atoms with Crippen molar-refractivity contribution in [1.29, 1.82) is 0 Å². The molecule has 0 amide bonds. The number of H-pyrrole nitrogens is 1. The van der Waals surface area contributed by atoms with Gasteiger partial charge in [0, 0.05) is 62.5 Å². The molecule has 1 aliphatic heterocycles. The molecule has 3 aromatic rings. The fourth-order valence-electron chi connectivity index (χ4n) is 3.48. The minimum absolute atomic E-state index is 0.473. The molecule has 0 unspecified atom stereocenters. The summed E-state index contributed by atoms with van der Waals surface area (Å²) in [7, 11) is 1.65. The van der Waals surface area contributed by atoms with Crippen LogP contribution < -0.4 is 15.0 Å². The van der Waals surface area contributed by atoms with Crippen LogP contribution in [0.4, 0.5) is 5.82 Å². The number of aromatic nitrogens is 3. The monoisotopic (exact) mass is 403 g/mol. The third-order valence-electron chi connectivity index (χ3n) is 5.02. The number of terminal acetylenes is 1. The number of aromatic amines is 1. The van der Waals surface area contributed by atoms with Gasteiger partial charge in [0.05, 0.1) is 24.1 Å². The number of nitrogens with one attached hydrogen (secondary N) is 2. The molecule has 154 valence electrons. The Kier molecular flexibility index (Phi) is 6.28. The van der Waals surface area contributed by atoms with Crippen LogP contribution in [0, 0.1) is 12.3 Å². The quantitative estimate of drug-likeness (QED) is 0.467. The van der Waals surface area contributed by atoms with Crippen LogP contribution in [0.15, 0.2) is 42.9 Å². The zero-order valence-corrected chi connectivity index (χ0v) is 17.0. The Labute approximate surface area is 176 Å². The first-order valence-corrected chi connectivity index (χ1v) is 9.97. The van der Waals surface area contributed by atoms with Gasteiger partial charge in [-0.3, -0.25) is 9.97 Å². The van der Waals surface area contributed by atoms with Crippen molar-refractivity contribution in [2.75, 3.05) is 51.4 Å². The highest BCUT2D eigenvalue weighted by Gasteiger charge is 2.17. The summed E-state index contributed by atoms with van der Waals surface area (Å²) in [6.45, 7) is 4.76. The van der Waals surface area contributed by atoms with Crippen molar-refractivity contribution in [2.45, 2.75) is 0 Å². The number of piperazine rings is 1. The Bertz CT molecular complexity index is 1030. The van der Waals surface area contributed by atoms with Gasteiger partial charge in [0.25, 0.3) is 0 Å². The highest BCUT2D eigenvalue weighted by molar-refractivity contribution is 5.73. The Morgan fingerprint density at radius 1 is 1.13 bits per heavy atom. The molecular weight excluding hydrogens is 378 g/mol. The number of methoxy groups -OCH3 is 1.